The summed E-state index contributed by atoms with van der Waals surface area (Å²) in [6.45, 7) is 9.37. The molecule has 1 N–H and O–H groups in total. The summed E-state index contributed by atoms with van der Waals surface area (Å²) in [5, 5.41) is 3.43. The monoisotopic (exact) mass is 143 g/mol. The zero-order valence-electron chi connectivity index (χ0n) is 7.32. The van der Waals surface area contributed by atoms with Crippen molar-refractivity contribution in [2.45, 2.75) is 45.4 Å². The minimum absolute atomic E-state index is 0.0799. The van der Waals surface area contributed by atoms with Gasteiger partial charge in [-0.2, -0.15) is 0 Å². The van der Waals surface area contributed by atoms with Gasteiger partial charge in [0.1, 0.15) is 5.72 Å². The highest BCUT2D eigenvalue weighted by Gasteiger charge is 2.38. The van der Waals surface area contributed by atoms with Gasteiger partial charge in [-0.1, -0.05) is 6.92 Å². The first-order valence-corrected chi connectivity index (χ1v) is 3.91. The summed E-state index contributed by atoms with van der Waals surface area (Å²) in [5.41, 5.74) is 0.0776. The molecule has 1 aliphatic rings. The zero-order chi connectivity index (χ0) is 7.83. The van der Waals surface area contributed by atoms with Crippen LogP contribution in [0, 0.1) is 0 Å². The van der Waals surface area contributed by atoms with E-state index in [4.69, 9.17) is 4.74 Å². The van der Waals surface area contributed by atoms with E-state index in [9.17, 15) is 0 Å². The third kappa shape index (κ3) is 1.50. The lowest BCUT2D eigenvalue weighted by molar-refractivity contribution is 0.00325. The predicted molar refractivity (Wildman–Crippen MR) is 41.9 cm³/mol. The average molecular weight is 143 g/mol. The summed E-state index contributed by atoms with van der Waals surface area (Å²) in [4.78, 5) is 0. The normalized spacial score (nSPS) is 38.4. The second-order valence-electron chi connectivity index (χ2n) is 3.88. The Morgan fingerprint density at radius 3 is 2.20 bits per heavy atom. The molecule has 10 heavy (non-hydrogen) atoms. The van der Waals surface area contributed by atoms with Crippen LogP contribution >= 0.6 is 0 Å². The van der Waals surface area contributed by atoms with E-state index in [0.29, 0.717) is 0 Å². The van der Waals surface area contributed by atoms with Crippen molar-refractivity contribution in [1.82, 2.24) is 5.32 Å². The van der Waals surface area contributed by atoms with Crippen molar-refractivity contribution < 1.29 is 4.74 Å². The Bertz CT molecular complexity index is 133. The van der Waals surface area contributed by atoms with Crippen molar-refractivity contribution in [3.05, 3.63) is 0 Å². The number of rotatable bonds is 1. The maximum Gasteiger partial charge on any atom is 0.116 e. The first-order chi connectivity index (χ1) is 4.47. The van der Waals surface area contributed by atoms with Crippen molar-refractivity contribution in [1.29, 1.82) is 0 Å². The minimum Gasteiger partial charge on any atom is -0.359 e. The largest absolute Gasteiger partial charge is 0.359 e. The molecule has 0 radical (unpaired) electrons. The average Bonchev–Trinajstić information content (AvgIpc) is 2.08. The van der Waals surface area contributed by atoms with E-state index in [1.807, 2.05) is 0 Å². The Morgan fingerprint density at radius 1 is 1.40 bits per heavy atom. The molecule has 2 heteroatoms. The fourth-order valence-electron chi connectivity index (χ4n) is 1.32. The van der Waals surface area contributed by atoms with E-state index in [1.54, 1.807) is 0 Å². The highest BCUT2D eigenvalue weighted by atomic mass is 16.5. The van der Waals surface area contributed by atoms with Crippen molar-refractivity contribution in [2.75, 3.05) is 6.61 Å². The maximum absolute atomic E-state index is 5.59. The van der Waals surface area contributed by atoms with Gasteiger partial charge in [0.25, 0.3) is 0 Å². The van der Waals surface area contributed by atoms with Gasteiger partial charge in [-0.05, 0) is 27.2 Å². The van der Waals surface area contributed by atoms with Crippen molar-refractivity contribution >= 4 is 0 Å². The van der Waals surface area contributed by atoms with Crippen LogP contribution in [0.2, 0.25) is 0 Å². The van der Waals surface area contributed by atoms with Gasteiger partial charge in [0.2, 0.25) is 0 Å². The Labute approximate surface area is 63.0 Å². The van der Waals surface area contributed by atoms with Crippen LogP contribution in [-0.4, -0.2) is 17.9 Å². The summed E-state index contributed by atoms with van der Waals surface area (Å²) in [5.74, 6) is 0. The molecule has 1 aliphatic heterocycles. The van der Waals surface area contributed by atoms with Crippen LogP contribution in [0.3, 0.4) is 0 Å². The van der Waals surface area contributed by atoms with Gasteiger partial charge in [-0.3, -0.25) is 5.32 Å². The zero-order valence-corrected chi connectivity index (χ0v) is 7.32. The molecule has 0 aromatic heterocycles. The second kappa shape index (κ2) is 2.21. The van der Waals surface area contributed by atoms with Crippen LogP contribution in [0.15, 0.2) is 0 Å². The Kier molecular flexibility index (Phi) is 1.77. The third-order valence-corrected chi connectivity index (χ3v) is 2.03. The van der Waals surface area contributed by atoms with E-state index in [1.165, 1.54) is 0 Å². The summed E-state index contributed by atoms with van der Waals surface area (Å²) in [7, 11) is 0. The fraction of sp³-hybridized carbons (Fsp3) is 1.00. The molecule has 0 amide bonds. The molecule has 0 saturated carbocycles. The maximum atomic E-state index is 5.59. The molecule has 1 fully saturated rings. The van der Waals surface area contributed by atoms with Gasteiger partial charge in [-0.25, -0.2) is 0 Å². The molecule has 60 valence electrons. The van der Waals surface area contributed by atoms with E-state index >= 15 is 0 Å². The van der Waals surface area contributed by atoms with Crippen LogP contribution in [0.5, 0.6) is 0 Å². The molecule has 2 nitrogen and oxygen atoms in total. The lowest BCUT2D eigenvalue weighted by Crippen LogP contribution is -2.45. The molecular formula is C8H17NO. The van der Waals surface area contributed by atoms with Crippen LogP contribution in [0.4, 0.5) is 0 Å². The molecule has 1 heterocycles. The standard InChI is InChI=1S/C8H17NO/c1-5-8(4)9-7(2,3)6-10-8/h9H,5-6H2,1-4H3. The van der Waals surface area contributed by atoms with Crippen molar-refractivity contribution in [2.24, 2.45) is 0 Å². The lowest BCUT2D eigenvalue weighted by Gasteiger charge is -2.24. The van der Waals surface area contributed by atoms with Gasteiger partial charge < -0.3 is 4.74 Å². The summed E-state index contributed by atoms with van der Waals surface area (Å²) in [6, 6.07) is 0. The summed E-state index contributed by atoms with van der Waals surface area (Å²) < 4.78 is 5.59. The van der Waals surface area contributed by atoms with Crippen LogP contribution < -0.4 is 5.32 Å². The van der Waals surface area contributed by atoms with E-state index in [2.05, 4.69) is 33.0 Å². The number of nitrogens with one attached hydrogen (secondary N) is 1. The summed E-state index contributed by atoms with van der Waals surface area (Å²) >= 11 is 0. The van der Waals surface area contributed by atoms with E-state index < -0.39 is 0 Å². The van der Waals surface area contributed by atoms with Gasteiger partial charge >= 0.3 is 0 Å². The number of hydrogen-bond acceptors (Lipinski definition) is 2. The molecule has 0 bridgehead atoms. The molecule has 0 spiro atoms. The van der Waals surface area contributed by atoms with Crippen molar-refractivity contribution in [3.63, 3.8) is 0 Å². The molecule has 0 aromatic carbocycles. The van der Waals surface area contributed by atoms with Crippen molar-refractivity contribution in [3.8, 4) is 0 Å². The molecule has 1 saturated heterocycles. The minimum atomic E-state index is -0.0799. The van der Waals surface area contributed by atoms with E-state index in [0.717, 1.165) is 13.0 Å². The van der Waals surface area contributed by atoms with Gasteiger partial charge in [0, 0.05) is 5.54 Å². The molecule has 1 rings (SSSR count). The fourth-order valence-corrected chi connectivity index (χ4v) is 1.32. The quantitative estimate of drug-likeness (QED) is 0.600. The Hall–Kier alpha value is -0.0800. The smallest absolute Gasteiger partial charge is 0.116 e. The van der Waals surface area contributed by atoms with Crippen LogP contribution in [0.25, 0.3) is 0 Å². The second-order valence-corrected chi connectivity index (χ2v) is 3.88. The van der Waals surface area contributed by atoms with Crippen LogP contribution in [0.1, 0.15) is 34.1 Å². The topological polar surface area (TPSA) is 21.3 Å². The molecular weight excluding hydrogens is 126 g/mol. The highest BCUT2D eigenvalue weighted by molar-refractivity contribution is 4.91. The first-order valence-electron chi connectivity index (χ1n) is 3.91. The van der Waals surface area contributed by atoms with Gasteiger partial charge in [-0.15, -0.1) is 0 Å². The molecule has 0 aliphatic carbocycles. The molecule has 0 aromatic rings. The van der Waals surface area contributed by atoms with E-state index in [-0.39, 0.29) is 11.3 Å². The Morgan fingerprint density at radius 2 is 2.00 bits per heavy atom. The third-order valence-electron chi connectivity index (χ3n) is 2.03. The lowest BCUT2D eigenvalue weighted by atomic mass is 10.1. The predicted octanol–water partition coefficient (Wildman–Crippen LogP) is 1.51. The number of hydrogen-bond donors (Lipinski definition) is 1. The SMILES string of the molecule is CCC1(C)NC(C)(C)CO1. The Balaban J connectivity index is 2.57. The first kappa shape index (κ1) is 8.02. The molecule has 1 unspecified atom stereocenters. The summed E-state index contributed by atoms with van der Waals surface area (Å²) in [6.07, 6.45) is 1.02. The van der Waals surface area contributed by atoms with Gasteiger partial charge in [0.05, 0.1) is 6.61 Å². The number of ether oxygens (including phenoxy) is 1. The molecule has 1 atom stereocenters. The van der Waals surface area contributed by atoms with Gasteiger partial charge in [0.15, 0.2) is 0 Å². The highest BCUT2D eigenvalue weighted by Crippen LogP contribution is 2.24. The van der Waals surface area contributed by atoms with Crippen LogP contribution in [-0.2, 0) is 4.74 Å².